The van der Waals surface area contributed by atoms with Crippen LogP contribution < -0.4 is 20.3 Å². The topological polar surface area (TPSA) is 91.7 Å². The van der Waals surface area contributed by atoms with E-state index in [1.165, 1.54) is 18.2 Å². The Labute approximate surface area is 215 Å². The molecule has 202 valence electrons. The van der Waals surface area contributed by atoms with Crippen molar-refractivity contribution in [3.8, 4) is 5.75 Å². The minimum atomic E-state index is -3.13. The Morgan fingerprint density at radius 1 is 1.13 bits per heavy atom. The van der Waals surface area contributed by atoms with Gasteiger partial charge < -0.3 is 24.8 Å². The van der Waals surface area contributed by atoms with Gasteiger partial charge in [-0.25, -0.2) is 13.8 Å². The van der Waals surface area contributed by atoms with Gasteiger partial charge in [-0.3, -0.25) is 14.5 Å². The highest BCUT2D eigenvalue weighted by molar-refractivity contribution is 6.05. The van der Waals surface area contributed by atoms with Crippen molar-refractivity contribution in [3.05, 3.63) is 47.8 Å². The van der Waals surface area contributed by atoms with Crippen LogP contribution in [0.1, 0.15) is 33.9 Å². The van der Waals surface area contributed by atoms with Crippen LogP contribution in [0.15, 0.2) is 36.4 Å². The van der Waals surface area contributed by atoms with E-state index in [0.29, 0.717) is 55.1 Å². The molecule has 4 heterocycles. The normalized spacial score (nSPS) is 18.1. The maximum Gasteiger partial charge on any atom is 0.387 e. The molecule has 2 amide bonds. The number of pyridine rings is 1. The van der Waals surface area contributed by atoms with Gasteiger partial charge in [0, 0.05) is 49.9 Å². The lowest BCUT2D eigenvalue weighted by Gasteiger charge is -2.36. The minimum Gasteiger partial charge on any atom is -0.433 e. The number of nitrogens with one attached hydrogen (secondary N) is 2. The van der Waals surface area contributed by atoms with Gasteiger partial charge >= 0.3 is 6.61 Å². The summed E-state index contributed by atoms with van der Waals surface area (Å²) in [5, 5.41) is 6.08. The van der Waals surface area contributed by atoms with Gasteiger partial charge in [0.25, 0.3) is 18.2 Å². The van der Waals surface area contributed by atoms with E-state index >= 15 is 0 Å². The maximum absolute atomic E-state index is 13.2. The van der Waals surface area contributed by atoms with Crippen LogP contribution in [0, 0.1) is 0 Å². The molecule has 3 aromatic rings. The third-order valence-corrected chi connectivity index (χ3v) is 6.71. The summed E-state index contributed by atoms with van der Waals surface area (Å²) in [5.74, 6) is -1.09. The number of ether oxygens (including phenoxy) is 1. The van der Waals surface area contributed by atoms with Gasteiger partial charge in [0.05, 0.1) is 18.3 Å². The number of piperazine rings is 1. The van der Waals surface area contributed by atoms with Crippen molar-refractivity contribution in [1.82, 2.24) is 19.8 Å². The number of amides is 2. The maximum atomic E-state index is 13.2. The molecule has 2 N–H and O–H groups in total. The van der Waals surface area contributed by atoms with E-state index in [-0.39, 0.29) is 35.6 Å². The van der Waals surface area contributed by atoms with Gasteiger partial charge in [-0.2, -0.15) is 8.78 Å². The largest absolute Gasteiger partial charge is 0.433 e. The van der Waals surface area contributed by atoms with Crippen molar-refractivity contribution in [1.29, 1.82) is 0 Å². The number of hydrogen-bond acceptors (Lipinski definition) is 6. The zero-order chi connectivity index (χ0) is 27.0. The summed E-state index contributed by atoms with van der Waals surface area (Å²) in [6.45, 7) is 0.607. The molecule has 1 saturated heterocycles. The quantitative estimate of drug-likeness (QED) is 0.451. The molecule has 13 heteroatoms. The summed E-state index contributed by atoms with van der Waals surface area (Å²) in [6, 6.07) is 9.31. The molecule has 0 spiro atoms. The van der Waals surface area contributed by atoms with Gasteiger partial charge in [-0.05, 0) is 37.3 Å². The second-order valence-corrected chi connectivity index (χ2v) is 9.26. The Kier molecular flexibility index (Phi) is 7.11. The zero-order valence-electron chi connectivity index (χ0n) is 20.5. The molecule has 2 aromatic heterocycles. The molecule has 9 nitrogen and oxygen atoms in total. The van der Waals surface area contributed by atoms with Gasteiger partial charge in [-0.1, -0.05) is 0 Å². The Balaban J connectivity index is 1.36. The first kappa shape index (κ1) is 25.8. The smallest absolute Gasteiger partial charge is 0.387 e. The van der Waals surface area contributed by atoms with Crippen molar-refractivity contribution >= 4 is 34.2 Å². The van der Waals surface area contributed by atoms with Gasteiger partial charge in [-0.15, -0.1) is 0 Å². The highest BCUT2D eigenvalue weighted by atomic mass is 19.3. The predicted octanol–water partition coefficient (Wildman–Crippen LogP) is 3.58. The number of alkyl halides is 4. The summed E-state index contributed by atoms with van der Waals surface area (Å²) < 4.78 is 58.2. The van der Waals surface area contributed by atoms with E-state index in [9.17, 15) is 27.2 Å². The number of nitrogens with zero attached hydrogens (tertiary/aromatic N) is 4. The Morgan fingerprint density at radius 3 is 2.61 bits per heavy atom. The van der Waals surface area contributed by atoms with Crippen LogP contribution in [0.3, 0.4) is 0 Å². The highest BCUT2D eigenvalue weighted by Gasteiger charge is 2.26. The third kappa shape index (κ3) is 5.23. The summed E-state index contributed by atoms with van der Waals surface area (Å²) in [5.41, 5.74) is 1.56. The van der Waals surface area contributed by atoms with Crippen molar-refractivity contribution in [2.45, 2.75) is 26.0 Å². The van der Waals surface area contributed by atoms with E-state index in [1.54, 1.807) is 27.7 Å². The van der Waals surface area contributed by atoms with E-state index in [1.807, 2.05) is 11.8 Å². The lowest BCUT2D eigenvalue weighted by atomic mass is 10.2. The summed E-state index contributed by atoms with van der Waals surface area (Å²) in [7, 11) is 0. The predicted molar refractivity (Wildman–Crippen MR) is 132 cm³/mol. The SMILES string of the molecule is C[C@@H]1CNC(=O)c2cc3ccc(C(=O)Nc4ccc(N5CCN(CC(F)F)CC5)cc4OC(F)F)nc3n21. The highest BCUT2D eigenvalue weighted by Crippen LogP contribution is 2.33. The Hall–Kier alpha value is -3.87. The fourth-order valence-electron chi connectivity index (χ4n) is 4.84. The lowest BCUT2D eigenvalue weighted by Crippen LogP contribution is -2.47. The van der Waals surface area contributed by atoms with E-state index in [4.69, 9.17) is 4.74 Å². The van der Waals surface area contributed by atoms with Gasteiger partial charge in [0.1, 0.15) is 17.0 Å². The minimum absolute atomic E-state index is 0.0298. The molecule has 1 fully saturated rings. The van der Waals surface area contributed by atoms with E-state index in [2.05, 4.69) is 15.6 Å². The van der Waals surface area contributed by atoms with Crippen molar-refractivity contribution in [2.24, 2.45) is 0 Å². The molecule has 2 aliphatic rings. The fraction of sp³-hybridized carbons (Fsp3) is 0.400. The molecule has 1 atom stereocenters. The van der Waals surface area contributed by atoms with Crippen LogP contribution >= 0.6 is 0 Å². The van der Waals surface area contributed by atoms with Crippen LogP contribution in [0.2, 0.25) is 0 Å². The van der Waals surface area contributed by atoms with Crippen LogP contribution in [0.25, 0.3) is 11.0 Å². The zero-order valence-corrected chi connectivity index (χ0v) is 20.5. The van der Waals surface area contributed by atoms with Crippen molar-refractivity contribution in [3.63, 3.8) is 0 Å². The molecule has 0 bridgehead atoms. The first-order valence-corrected chi connectivity index (χ1v) is 12.2. The molecule has 38 heavy (non-hydrogen) atoms. The number of anilines is 2. The second-order valence-electron chi connectivity index (χ2n) is 9.26. The first-order chi connectivity index (χ1) is 18.2. The number of fused-ring (bicyclic) bond motifs is 3. The Bertz CT molecular complexity index is 1360. The third-order valence-electron chi connectivity index (χ3n) is 6.71. The number of aromatic nitrogens is 2. The number of rotatable bonds is 7. The van der Waals surface area contributed by atoms with Crippen molar-refractivity contribution in [2.75, 3.05) is 49.5 Å². The Morgan fingerprint density at radius 2 is 1.89 bits per heavy atom. The van der Waals surface area contributed by atoms with Crippen LogP contribution in [-0.2, 0) is 0 Å². The van der Waals surface area contributed by atoms with Crippen molar-refractivity contribution < 1.29 is 31.9 Å². The summed E-state index contributed by atoms with van der Waals surface area (Å²) >= 11 is 0. The molecule has 1 aromatic carbocycles. The molecular formula is C25H26F4N6O3. The molecule has 2 aliphatic heterocycles. The molecule has 0 aliphatic carbocycles. The van der Waals surface area contributed by atoms with E-state index in [0.717, 1.165) is 0 Å². The number of carbonyl (C=O) groups is 2. The van der Waals surface area contributed by atoms with Crippen LogP contribution in [0.4, 0.5) is 28.9 Å². The fourth-order valence-corrected chi connectivity index (χ4v) is 4.84. The second kappa shape index (κ2) is 10.5. The molecule has 0 radical (unpaired) electrons. The van der Waals surface area contributed by atoms with Crippen LogP contribution in [0.5, 0.6) is 5.75 Å². The van der Waals surface area contributed by atoms with E-state index < -0.39 is 18.9 Å². The van der Waals surface area contributed by atoms with Gasteiger partial charge in [0.2, 0.25) is 0 Å². The average Bonchev–Trinajstić information content (AvgIpc) is 3.27. The number of carbonyl (C=O) groups excluding carboxylic acids is 2. The summed E-state index contributed by atoms with van der Waals surface area (Å²) in [4.78, 5) is 33.3. The van der Waals surface area contributed by atoms with Crippen LogP contribution in [-0.4, -0.2) is 78.6 Å². The molecule has 0 unspecified atom stereocenters. The summed E-state index contributed by atoms with van der Waals surface area (Å²) in [6.07, 6.45) is -2.42. The molecule has 5 rings (SSSR count). The lowest BCUT2D eigenvalue weighted by molar-refractivity contribution is -0.0493. The van der Waals surface area contributed by atoms with Gasteiger partial charge in [0.15, 0.2) is 5.75 Å². The number of benzene rings is 1. The number of hydrogen-bond donors (Lipinski definition) is 2. The first-order valence-electron chi connectivity index (χ1n) is 12.2. The monoisotopic (exact) mass is 534 g/mol. The average molecular weight is 535 g/mol. The standard InChI is InChI=1S/C25H26F4N6O3/c1-14-12-30-24(37)19-10-15-2-4-18(31-22(15)35(14)19)23(36)32-17-5-3-16(11-20(17)38-25(28)29)34-8-6-33(7-9-34)13-21(26)27/h2-5,10-11,14,21,25H,6-9,12-13H2,1H3,(H,30,37)(H,32,36)/t14-/m1/s1. The number of halogens is 4. The molecular weight excluding hydrogens is 508 g/mol. The molecule has 0 saturated carbocycles.